The number of hydrogen-bond acceptors (Lipinski definition) is 4. The van der Waals surface area contributed by atoms with Gasteiger partial charge in [-0.1, -0.05) is 48.0 Å². The van der Waals surface area contributed by atoms with Gasteiger partial charge in [0, 0.05) is 56.9 Å². The lowest BCUT2D eigenvalue weighted by Gasteiger charge is -2.32. The van der Waals surface area contributed by atoms with E-state index in [-0.39, 0.29) is 12.1 Å². The number of nitrogens with zero attached hydrogens (tertiary/aromatic N) is 2. The third-order valence-electron chi connectivity index (χ3n) is 6.30. The summed E-state index contributed by atoms with van der Waals surface area (Å²) in [6, 6.07) is 16.5. The standard InChI is InChI=1S/C25H33ClN4O2/c26-23-7-5-20(6-8-23)18-29-11-9-24(10-12-29)28-25(31)27-17-21-3-1-2-4-22(21)19-30-13-15-32-16-14-30/h1-8,24H,9-19H2,(H2,27,28,31). The summed E-state index contributed by atoms with van der Waals surface area (Å²) in [5, 5.41) is 6.99. The molecule has 32 heavy (non-hydrogen) atoms. The van der Waals surface area contributed by atoms with Crippen molar-refractivity contribution in [3.63, 3.8) is 0 Å². The maximum atomic E-state index is 12.5. The average molecular weight is 457 g/mol. The Balaban J connectivity index is 1.19. The SMILES string of the molecule is O=C(NCc1ccccc1CN1CCOCC1)NC1CCN(Cc2ccc(Cl)cc2)CC1. The second kappa shape index (κ2) is 11.7. The maximum Gasteiger partial charge on any atom is 0.315 e. The fraction of sp³-hybridized carbons (Fsp3) is 0.480. The lowest BCUT2D eigenvalue weighted by molar-refractivity contribution is 0.0341. The molecule has 2 aromatic carbocycles. The van der Waals surface area contributed by atoms with Gasteiger partial charge in [-0.15, -0.1) is 0 Å². The number of nitrogens with one attached hydrogen (secondary N) is 2. The lowest BCUT2D eigenvalue weighted by Crippen LogP contribution is -2.47. The molecule has 2 fully saturated rings. The maximum absolute atomic E-state index is 12.5. The Bertz CT molecular complexity index is 863. The molecule has 2 aliphatic rings. The van der Waals surface area contributed by atoms with E-state index in [4.69, 9.17) is 16.3 Å². The van der Waals surface area contributed by atoms with Gasteiger partial charge in [-0.2, -0.15) is 0 Å². The molecule has 2 aromatic rings. The minimum Gasteiger partial charge on any atom is -0.379 e. The molecule has 2 saturated heterocycles. The molecule has 2 amide bonds. The Morgan fingerprint density at radius 2 is 1.56 bits per heavy atom. The van der Waals surface area contributed by atoms with Crippen molar-refractivity contribution in [2.45, 2.75) is 38.5 Å². The zero-order valence-electron chi connectivity index (χ0n) is 18.6. The number of ether oxygens (including phenoxy) is 1. The van der Waals surface area contributed by atoms with Crippen LogP contribution in [0.1, 0.15) is 29.5 Å². The van der Waals surface area contributed by atoms with Crippen LogP contribution < -0.4 is 10.6 Å². The van der Waals surface area contributed by atoms with Gasteiger partial charge in [-0.05, 0) is 41.7 Å². The van der Waals surface area contributed by atoms with Gasteiger partial charge in [0.05, 0.1) is 13.2 Å². The van der Waals surface area contributed by atoms with Crippen LogP contribution in [0.2, 0.25) is 5.02 Å². The number of urea groups is 1. The number of rotatable bonds is 7. The molecule has 7 heteroatoms. The topological polar surface area (TPSA) is 56.8 Å². The summed E-state index contributed by atoms with van der Waals surface area (Å²) in [7, 11) is 0. The number of carbonyl (C=O) groups is 1. The smallest absolute Gasteiger partial charge is 0.315 e. The zero-order chi connectivity index (χ0) is 22.2. The predicted molar refractivity (Wildman–Crippen MR) is 128 cm³/mol. The van der Waals surface area contributed by atoms with Crippen LogP contribution in [0.25, 0.3) is 0 Å². The van der Waals surface area contributed by atoms with E-state index in [1.54, 1.807) is 0 Å². The van der Waals surface area contributed by atoms with Crippen molar-refractivity contribution >= 4 is 17.6 Å². The van der Waals surface area contributed by atoms with Crippen molar-refractivity contribution in [3.8, 4) is 0 Å². The fourth-order valence-corrected chi connectivity index (χ4v) is 4.51. The first-order chi connectivity index (χ1) is 15.7. The van der Waals surface area contributed by atoms with E-state index in [0.29, 0.717) is 6.54 Å². The molecule has 0 saturated carbocycles. The van der Waals surface area contributed by atoms with E-state index >= 15 is 0 Å². The number of hydrogen-bond donors (Lipinski definition) is 2. The van der Waals surface area contributed by atoms with Gasteiger partial charge in [0.15, 0.2) is 0 Å². The molecule has 2 aliphatic heterocycles. The third-order valence-corrected chi connectivity index (χ3v) is 6.55. The zero-order valence-corrected chi connectivity index (χ0v) is 19.3. The van der Waals surface area contributed by atoms with Crippen LogP contribution in [0, 0.1) is 0 Å². The van der Waals surface area contributed by atoms with E-state index in [1.165, 1.54) is 16.7 Å². The Morgan fingerprint density at radius 3 is 2.28 bits per heavy atom. The Kier molecular flexibility index (Phi) is 8.40. The van der Waals surface area contributed by atoms with Crippen molar-refractivity contribution in [2.75, 3.05) is 39.4 Å². The number of benzene rings is 2. The van der Waals surface area contributed by atoms with E-state index in [1.807, 2.05) is 18.2 Å². The molecule has 0 aliphatic carbocycles. The van der Waals surface area contributed by atoms with Gasteiger partial charge in [-0.25, -0.2) is 4.79 Å². The van der Waals surface area contributed by atoms with Crippen LogP contribution in [0.5, 0.6) is 0 Å². The van der Waals surface area contributed by atoms with Gasteiger partial charge in [0.2, 0.25) is 0 Å². The average Bonchev–Trinajstić information content (AvgIpc) is 2.82. The highest BCUT2D eigenvalue weighted by molar-refractivity contribution is 6.30. The van der Waals surface area contributed by atoms with Crippen LogP contribution in [0.4, 0.5) is 4.79 Å². The fourth-order valence-electron chi connectivity index (χ4n) is 4.38. The first-order valence-corrected chi connectivity index (χ1v) is 11.9. The first kappa shape index (κ1) is 23.1. The minimum absolute atomic E-state index is 0.0812. The molecule has 0 aromatic heterocycles. The van der Waals surface area contributed by atoms with Crippen LogP contribution in [0.3, 0.4) is 0 Å². The normalized spacial score (nSPS) is 18.4. The van der Waals surface area contributed by atoms with Crippen LogP contribution >= 0.6 is 11.6 Å². The van der Waals surface area contributed by atoms with E-state index in [0.717, 1.165) is 70.3 Å². The largest absolute Gasteiger partial charge is 0.379 e. The van der Waals surface area contributed by atoms with E-state index in [2.05, 4.69) is 50.8 Å². The highest BCUT2D eigenvalue weighted by Gasteiger charge is 2.21. The molecule has 0 radical (unpaired) electrons. The molecule has 6 nitrogen and oxygen atoms in total. The number of halogens is 1. The molecular weight excluding hydrogens is 424 g/mol. The van der Waals surface area contributed by atoms with Gasteiger partial charge < -0.3 is 15.4 Å². The predicted octanol–water partition coefficient (Wildman–Crippen LogP) is 3.64. The summed E-state index contributed by atoms with van der Waals surface area (Å²) in [6.07, 6.45) is 1.93. The number of piperidine rings is 1. The monoisotopic (exact) mass is 456 g/mol. The van der Waals surface area contributed by atoms with Crippen molar-refractivity contribution in [3.05, 3.63) is 70.2 Å². The second-order valence-corrected chi connectivity index (χ2v) is 9.10. The van der Waals surface area contributed by atoms with Crippen molar-refractivity contribution < 1.29 is 9.53 Å². The van der Waals surface area contributed by atoms with Crippen molar-refractivity contribution in [2.24, 2.45) is 0 Å². The summed E-state index contributed by atoms with van der Waals surface area (Å²) < 4.78 is 5.44. The minimum atomic E-state index is -0.0812. The van der Waals surface area contributed by atoms with Gasteiger partial charge in [0.1, 0.15) is 0 Å². The van der Waals surface area contributed by atoms with E-state index < -0.39 is 0 Å². The summed E-state index contributed by atoms with van der Waals surface area (Å²) >= 11 is 5.97. The van der Waals surface area contributed by atoms with Crippen molar-refractivity contribution in [1.82, 2.24) is 20.4 Å². The van der Waals surface area contributed by atoms with Crippen LogP contribution in [0.15, 0.2) is 48.5 Å². The molecule has 0 atom stereocenters. The third kappa shape index (κ3) is 6.94. The number of amides is 2. The summed E-state index contributed by atoms with van der Waals surface area (Å²) in [5.41, 5.74) is 3.71. The Hall–Kier alpha value is -2.12. The summed E-state index contributed by atoms with van der Waals surface area (Å²) in [4.78, 5) is 17.3. The summed E-state index contributed by atoms with van der Waals surface area (Å²) in [6.45, 7) is 7.83. The highest BCUT2D eigenvalue weighted by Crippen LogP contribution is 2.16. The number of likely N-dealkylation sites (tertiary alicyclic amines) is 1. The lowest BCUT2D eigenvalue weighted by atomic mass is 10.0. The van der Waals surface area contributed by atoms with Gasteiger partial charge in [0.25, 0.3) is 0 Å². The van der Waals surface area contributed by atoms with Crippen LogP contribution in [-0.2, 0) is 24.4 Å². The molecule has 2 N–H and O–H groups in total. The van der Waals surface area contributed by atoms with Gasteiger partial charge in [-0.3, -0.25) is 9.80 Å². The number of carbonyl (C=O) groups excluding carboxylic acids is 1. The molecule has 2 heterocycles. The molecular formula is C25H33ClN4O2. The highest BCUT2D eigenvalue weighted by atomic mass is 35.5. The molecule has 0 bridgehead atoms. The molecule has 0 unspecified atom stereocenters. The number of morpholine rings is 1. The molecule has 0 spiro atoms. The quantitative estimate of drug-likeness (QED) is 0.668. The first-order valence-electron chi connectivity index (χ1n) is 11.5. The van der Waals surface area contributed by atoms with Crippen LogP contribution in [-0.4, -0.2) is 61.3 Å². The molecule has 4 rings (SSSR count). The van der Waals surface area contributed by atoms with Crippen molar-refractivity contribution in [1.29, 1.82) is 0 Å². The van der Waals surface area contributed by atoms with Gasteiger partial charge >= 0.3 is 6.03 Å². The Morgan fingerprint density at radius 1 is 0.906 bits per heavy atom. The second-order valence-electron chi connectivity index (χ2n) is 8.66. The Labute approximate surface area is 195 Å². The summed E-state index contributed by atoms with van der Waals surface area (Å²) in [5.74, 6) is 0. The van der Waals surface area contributed by atoms with E-state index in [9.17, 15) is 4.79 Å². The molecule has 172 valence electrons.